The Morgan fingerprint density at radius 3 is 2.32 bits per heavy atom. The average Bonchev–Trinajstić information content (AvgIpc) is 3.39. The van der Waals surface area contributed by atoms with Crippen LogP contribution in [0.3, 0.4) is 0 Å². The van der Waals surface area contributed by atoms with Crippen LogP contribution in [0.4, 0.5) is 11.4 Å². The van der Waals surface area contributed by atoms with E-state index in [1.807, 2.05) is 30.3 Å². The third kappa shape index (κ3) is 5.41. The Labute approximate surface area is 247 Å². The first-order valence-electron chi connectivity index (χ1n) is 13.3. The number of hydrogen-bond donors (Lipinski definition) is 2. The minimum Gasteiger partial charge on any atom is -0.494 e. The highest BCUT2D eigenvalue weighted by Crippen LogP contribution is 2.45. The van der Waals surface area contributed by atoms with Crippen molar-refractivity contribution in [2.45, 2.75) is 46.7 Å². The minimum absolute atomic E-state index is 0.224. The Bertz CT molecular complexity index is 1730. The van der Waals surface area contributed by atoms with E-state index in [2.05, 4.69) is 77.3 Å². The zero-order valence-electron chi connectivity index (χ0n) is 24.3. The number of pyridine rings is 1. The predicted molar refractivity (Wildman–Crippen MR) is 169 cm³/mol. The van der Waals surface area contributed by atoms with Crippen LogP contribution < -0.4 is 19.7 Å². The third-order valence-electron chi connectivity index (χ3n) is 7.50. The first-order valence-corrected chi connectivity index (χ1v) is 15.6. The number of sulfonamides is 1. The smallest absolute Gasteiger partial charge is 0.229 e. The van der Waals surface area contributed by atoms with E-state index in [9.17, 15) is 8.42 Å². The molecule has 0 unspecified atom stereocenters. The number of ether oxygens (including phenoxy) is 1. The van der Waals surface area contributed by atoms with Gasteiger partial charge in [0, 0.05) is 29.3 Å². The van der Waals surface area contributed by atoms with E-state index in [1.54, 1.807) is 12.3 Å². The summed E-state index contributed by atoms with van der Waals surface area (Å²) in [5.41, 5.74) is 10.2. The lowest BCUT2D eigenvalue weighted by Crippen LogP contribution is -2.29. The van der Waals surface area contributed by atoms with Crippen molar-refractivity contribution in [2.24, 2.45) is 0 Å². The van der Waals surface area contributed by atoms with Gasteiger partial charge in [-0.25, -0.2) is 8.42 Å². The summed E-state index contributed by atoms with van der Waals surface area (Å²) in [6.07, 6.45) is 2.90. The summed E-state index contributed by atoms with van der Waals surface area (Å²) in [6, 6.07) is 17.4. The summed E-state index contributed by atoms with van der Waals surface area (Å²) >= 11 is 5.94. The van der Waals surface area contributed by atoms with Gasteiger partial charge in [-0.3, -0.25) is 9.71 Å². The van der Waals surface area contributed by atoms with Gasteiger partial charge in [0.05, 0.1) is 42.5 Å². The molecule has 5 rings (SSSR count). The van der Waals surface area contributed by atoms with Gasteiger partial charge in [0.2, 0.25) is 10.0 Å². The second-order valence-corrected chi connectivity index (χ2v) is 12.8. The fraction of sp³-hybridized carbons (Fsp3) is 0.290. The third-order valence-corrected chi connectivity index (χ3v) is 8.41. The standard InChI is InChI=1S/C31H35N5O3S2/c1-18-14-19(2)29(20(3)15-18)35-21(4)16-24(22(35)5)30-28(26-10-8-9-13-32-26)33-31(40)36(30)23-11-12-25(27(17-23)39-6)34-41(7,37)38/h8-17,28,30,34H,1-7H3,(H,33,40)/t28-,30+/m1/s1. The molecule has 214 valence electrons. The molecule has 1 aliphatic rings. The maximum atomic E-state index is 11.9. The second-order valence-electron chi connectivity index (χ2n) is 10.7. The lowest BCUT2D eigenvalue weighted by Gasteiger charge is -2.29. The van der Waals surface area contributed by atoms with Gasteiger partial charge < -0.3 is 19.5 Å². The van der Waals surface area contributed by atoms with Crippen LogP contribution in [0.5, 0.6) is 5.75 Å². The summed E-state index contributed by atoms with van der Waals surface area (Å²) in [4.78, 5) is 6.76. The number of methoxy groups -OCH3 is 1. The maximum absolute atomic E-state index is 11.9. The van der Waals surface area contributed by atoms with Gasteiger partial charge in [-0.1, -0.05) is 23.8 Å². The van der Waals surface area contributed by atoms with Crippen molar-refractivity contribution in [2.75, 3.05) is 23.0 Å². The van der Waals surface area contributed by atoms with Crippen LogP contribution in [0.2, 0.25) is 0 Å². The van der Waals surface area contributed by atoms with Crippen LogP contribution in [-0.2, 0) is 10.0 Å². The van der Waals surface area contributed by atoms with Crippen LogP contribution in [0.1, 0.15) is 51.4 Å². The van der Waals surface area contributed by atoms with Crippen molar-refractivity contribution >= 4 is 38.7 Å². The molecule has 2 N–H and O–H groups in total. The number of thiocarbonyl (C=S) groups is 1. The molecular formula is C31H35N5O3S2. The Morgan fingerprint density at radius 1 is 1.00 bits per heavy atom. The highest BCUT2D eigenvalue weighted by atomic mass is 32.2. The molecule has 1 fully saturated rings. The van der Waals surface area contributed by atoms with Crippen LogP contribution in [-0.4, -0.2) is 36.4 Å². The average molecular weight is 590 g/mol. The number of aromatic nitrogens is 2. The lowest BCUT2D eigenvalue weighted by molar-refractivity contribution is 0.417. The molecule has 0 bridgehead atoms. The number of nitrogens with zero attached hydrogens (tertiary/aromatic N) is 3. The summed E-state index contributed by atoms with van der Waals surface area (Å²) in [7, 11) is -1.97. The van der Waals surface area contributed by atoms with Crippen LogP contribution in [0.15, 0.2) is 60.8 Å². The molecule has 4 aromatic rings. The van der Waals surface area contributed by atoms with Gasteiger partial charge >= 0.3 is 0 Å². The number of benzene rings is 2. The maximum Gasteiger partial charge on any atom is 0.229 e. The lowest BCUT2D eigenvalue weighted by atomic mass is 9.96. The number of rotatable bonds is 7. The van der Waals surface area contributed by atoms with Gasteiger partial charge in [0.25, 0.3) is 0 Å². The first-order chi connectivity index (χ1) is 19.4. The molecule has 0 saturated carbocycles. The first kappa shape index (κ1) is 28.6. The molecule has 41 heavy (non-hydrogen) atoms. The number of nitrogens with one attached hydrogen (secondary N) is 2. The molecule has 2 aromatic heterocycles. The van der Waals surface area contributed by atoms with Crippen molar-refractivity contribution < 1.29 is 13.2 Å². The Kier molecular flexibility index (Phi) is 7.56. The van der Waals surface area contributed by atoms with E-state index >= 15 is 0 Å². The Balaban J connectivity index is 1.69. The summed E-state index contributed by atoms with van der Waals surface area (Å²) in [5.74, 6) is 0.395. The molecule has 0 amide bonds. The highest BCUT2D eigenvalue weighted by molar-refractivity contribution is 7.92. The SMILES string of the molecule is COc1cc(N2C(=S)N[C@H](c3ccccn3)[C@@H]2c2cc(C)n(-c3c(C)cc(C)cc3C)c2C)ccc1NS(C)(=O)=O. The summed E-state index contributed by atoms with van der Waals surface area (Å²) in [6.45, 7) is 10.7. The van der Waals surface area contributed by atoms with E-state index in [-0.39, 0.29) is 12.1 Å². The van der Waals surface area contributed by atoms with E-state index in [1.165, 1.54) is 29.5 Å². The van der Waals surface area contributed by atoms with Gasteiger partial charge in [0.15, 0.2) is 5.11 Å². The molecule has 10 heteroatoms. The van der Waals surface area contributed by atoms with Gasteiger partial charge in [-0.15, -0.1) is 0 Å². The largest absolute Gasteiger partial charge is 0.494 e. The molecule has 2 aromatic carbocycles. The van der Waals surface area contributed by atoms with Gasteiger partial charge in [-0.05, 0) is 93.9 Å². The van der Waals surface area contributed by atoms with Gasteiger partial charge in [-0.2, -0.15) is 0 Å². The quantitative estimate of drug-likeness (QED) is 0.257. The Hall–Kier alpha value is -3.89. The molecular weight excluding hydrogens is 555 g/mol. The molecule has 8 nitrogen and oxygen atoms in total. The van der Waals surface area contributed by atoms with Crippen molar-refractivity contribution in [3.63, 3.8) is 0 Å². The van der Waals surface area contributed by atoms with Crippen molar-refractivity contribution in [1.82, 2.24) is 14.9 Å². The number of aryl methyl sites for hydroxylation is 4. The van der Waals surface area contributed by atoms with E-state index in [0.29, 0.717) is 16.5 Å². The number of hydrogen-bond acceptors (Lipinski definition) is 5. The monoisotopic (exact) mass is 589 g/mol. The molecule has 1 saturated heterocycles. The van der Waals surface area contributed by atoms with E-state index in [4.69, 9.17) is 17.0 Å². The fourth-order valence-corrected chi connectivity index (χ4v) is 6.93. The summed E-state index contributed by atoms with van der Waals surface area (Å²) in [5, 5.41) is 4.06. The normalized spacial score (nSPS) is 17.0. The predicted octanol–water partition coefficient (Wildman–Crippen LogP) is 5.97. The summed E-state index contributed by atoms with van der Waals surface area (Å²) < 4.78 is 34.3. The highest BCUT2D eigenvalue weighted by Gasteiger charge is 2.42. The molecule has 3 heterocycles. The van der Waals surface area contributed by atoms with Gasteiger partial charge in [0.1, 0.15) is 5.75 Å². The van der Waals surface area contributed by atoms with Crippen molar-refractivity contribution in [3.8, 4) is 11.4 Å². The molecule has 1 aliphatic heterocycles. The molecule has 2 atom stereocenters. The van der Waals surface area contributed by atoms with E-state index in [0.717, 1.165) is 34.6 Å². The van der Waals surface area contributed by atoms with Crippen LogP contribution in [0, 0.1) is 34.6 Å². The molecule has 0 spiro atoms. The molecule has 0 radical (unpaired) electrons. The zero-order chi connectivity index (χ0) is 29.6. The van der Waals surface area contributed by atoms with Crippen molar-refractivity contribution in [1.29, 1.82) is 0 Å². The van der Waals surface area contributed by atoms with Crippen LogP contribution >= 0.6 is 12.2 Å². The minimum atomic E-state index is -3.49. The Morgan fingerprint density at radius 2 is 1.71 bits per heavy atom. The second kappa shape index (κ2) is 10.8. The number of anilines is 2. The topological polar surface area (TPSA) is 88.5 Å². The molecule has 0 aliphatic carbocycles. The zero-order valence-corrected chi connectivity index (χ0v) is 25.9. The van der Waals surface area contributed by atoms with Crippen LogP contribution in [0.25, 0.3) is 5.69 Å². The van der Waals surface area contributed by atoms with Crippen molar-refractivity contribution in [3.05, 3.63) is 100 Å². The fourth-order valence-electron chi connectivity index (χ4n) is 6.02. The van der Waals surface area contributed by atoms with E-state index < -0.39 is 10.0 Å².